The largest absolute Gasteiger partial charge is 0.455 e. The summed E-state index contributed by atoms with van der Waals surface area (Å²) in [6, 6.07) is 7.93. The van der Waals surface area contributed by atoms with Crippen LogP contribution in [0.4, 0.5) is 5.00 Å². The standard InChI is InChI=1S/C22H22N2O4S/c23-21(27)20-16-7-3-4-8-17(16)29-22(20)24-18(25)12-28-19(26)11-14-10-9-13-5-1-2-6-15(13)14/h1-2,5-6,10H,3-4,7-9,11-12H2,(H2,23,27)(H,24,25). The molecule has 0 atom stereocenters. The van der Waals surface area contributed by atoms with Gasteiger partial charge in [0.15, 0.2) is 6.61 Å². The summed E-state index contributed by atoms with van der Waals surface area (Å²) in [5, 5.41) is 3.16. The van der Waals surface area contributed by atoms with E-state index in [1.165, 1.54) is 16.9 Å². The first kappa shape index (κ1) is 19.4. The van der Waals surface area contributed by atoms with Gasteiger partial charge in [-0.3, -0.25) is 14.4 Å². The van der Waals surface area contributed by atoms with Crippen LogP contribution in [0.5, 0.6) is 0 Å². The number of amides is 2. The molecule has 0 saturated heterocycles. The molecule has 0 radical (unpaired) electrons. The van der Waals surface area contributed by atoms with Crippen molar-refractivity contribution in [2.45, 2.75) is 38.5 Å². The molecule has 1 heterocycles. The van der Waals surface area contributed by atoms with Gasteiger partial charge in [-0.25, -0.2) is 0 Å². The van der Waals surface area contributed by atoms with Crippen LogP contribution in [0.2, 0.25) is 0 Å². The maximum Gasteiger partial charge on any atom is 0.310 e. The van der Waals surface area contributed by atoms with Gasteiger partial charge in [0.2, 0.25) is 0 Å². The second-order valence-electron chi connectivity index (χ2n) is 7.26. The highest BCUT2D eigenvalue weighted by Crippen LogP contribution is 2.37. The van der Waals surface area contributed by atoms with Gasteiger partial charge in [-0.05, 0) is 54.4 Å². The first-order valence-electron chi connectivity index (χ1n) is 9.70. The number of anilines is 1. The Morgan fingerprint density at radius 1 is 1.14 bits per heavy atom. The Balaban J connectivity index is 1.35. The van der Waals surface area contributed by atoms with Crippen LogP contribution >= 0.6 is 11.3 Å². The molecule has 7 heteroatoms. The number of allylic oxidation sites excluding steroid dienone is 1. The van der Waals surface area contributed by atoms with Crippen LogP contribution < -0.4 is 11.1 Å². The lowest BCUT2D eigenvalue weighted by atomic mass is 9.95. The van der Waals surface area contributed by atoms with E-state index >= 15 is 0 Å². The number of esters is 1. The van der Waals surface area contributed by atoms with Crippen LogP contribution in [0.3, 0.4) is 0 Å². The van der Waals surface area contributed by atoms with E-state index in [1.807, 2.05) is 30.3 Å². The second-order valence-corrected chi connectivity index (χ2v) is 8.36. The Hall–Kier alpha value is -2.93. The Kier molecular flexibility index (Phi) is 5.49. The molecule has 0 bridgehead atoms. The number of thiophene rings is 1. The van der Waals surface area contributed by atoms with Crippen LogP contribution in [0, 0.1) is 0 Å². The SMILES string of the molecule is NC(=O)c1c(NC(=O)COC(=O)CC2=CCc3ccccc32)sc2c1CCCC2. The normalized spacial score (nSPS) is 14.6. The Morgan fingerprint density at radius 3 is 2.76 bits per heavy atom. The van der Waals surface area contributed by atoms with Crippen LogP contribution in [-0.4, -0.2) is 24.4 Å². The minimum absolute atomic E-state index is 0.129. The van der Waals surface area contributed by atoms with Crippen LogP contribution in [0.25, 0.3) is 5.57 Å². The summed E-state index contributed by atoms with van der Waals surface area (Å²) in [5.74, 6) is -1.47. The molecule has 0 saturated carbocycles. The summed E-state index contributed by atoms with van der Waals surface area (Å²) in [6.45, 7) is -0.394. The predicted octanol–water partition coefficient (Wildman–Crippen LogP) is 3.24. The number of carbonyl (C=O) groups excluding carboxylic acids is 3. The Labute approximate surface area is 172 Å². The van der Waals surface area contributed by atoms with E-state index in [0.29, 0.717) is 10.6 Å². The number of aryl methyl sites for hydroxylation is 1. The smallest absolute Gasteiger partial charge is 0.310 e. The molecule has 0 unspecified atom stereocenters. The molecule has 1 aromatic heterocycles. The van der Waals surface area contributed by atoms with Gasteiger partial charge in [-0.1, -0.05) is 30.3 Å². The maximum atomic E-state index is 12.3. The summed E-state index contributed by atoms with van der Waals surface area (Å²) in [6.07, 6.45) is 6.71. The van der Waals surface area contributed by atoms with Crippen molar-refractivity contribution in [1.82, 2.24) is 0 Å². The molecule has 2 amide bonds. The maximum absolute atomic E-state index is 12.3. The van der Waals surface area contributed by atoms with Crippen LogP contribution in [-0.2, 0) is 33.6 Å². The predicted molar refractivity (Wildman–Crippen MR) is 112 cm³/mol. The molecule has 0 spiro atoms. The number of hydrogen-bond donors (Lipinski definition) is 2. The second kappa shape index (κ2) is 8.21. The molecule has 3 N–H and O–H groups in total. The van der Waals surface area contributed by atoms with Crippen molar-refractivity contribution >= 4 is 39.7 Å². The number of nitrogens with two attached hydrogens (primary N) is 1. The monoisotopic (exact) mass is 410 g/mol. The van der Waals surface area contributed by atoms with Gasteiger partial charge in [-0.2, -0.15) is 0 Å². The molecule has 29 heavy (non-hydrogen) atoms. The number of hydrogen-bond acceptors (Lipinski definition) is 5. The lowest BCUT2D eigenvalue weighted by molar-refractivity contribution is -0.146. The van der Waals surface area contributed by atoms with E-state index < -0.39 is 24.4 Å². The number of primary amides is 1. The summed E-state index contributed by atoms with van der Waals surface area (Å²) in [7, 11) is 0. The van der Waals surface area contributed by atoms with E-state index in [4.69, 9.17) is 10.5 Å². The van der Waals surface area contributed by atoms with Gasteiger partial charge in [0.1, 0.15) is 5.00 Å². The van der Waals surface area contributed by atoms with Crippen molar-refractivity contribution in [3.8, 4) is 0 Å². The third kappa shape index (κ3) is 4.10. The minimum atomic E-state index is -0.538. The molecular weight excluding hydrogens is 388 g/mol. The molecule has 0 aliphatic heterocycles. The first-order valence-corrected chi connectivity index (χ1v) is 10.5. The van der Waals surface area contributed by atoms with Crippen molar-refractivity contribution in [2.75, 3.05) is 11.9 Å². The number of nitrogens with one attached hydrogen (secondary N) is 1. The molecule has 2 aromatic rings. The van der Waals surface area contributed by atoms with Gasteiger partial charge < -0.3 is 15.8 Å². The summed E-state index contributed by atoms with van der Waals surface area (Å²) < 4.78 is 5.15. The number of benzene rings is 1. The highest BCUT2D eigenvalue weighted by Gasteiger charge is 2.25. The summed E-state index contributed by atoms with van der Waals surface area (Å²) in [5.41, 5.74) is 10.1. The van der Waals surface area contributed by atoms with Crippen molar-refractivity contribution in [3.05, 3.63) is 57.5 Å². The molecule has 1 aromatic carbocycles. The summed E-state index contributed by atoms with van der Waals surface area (Å²) in [4.78, 5) is 37.5. The van der Waals surface area contributed by atoms with Crippen molar-refractivity contribution in [3.63, 3.8) is 0 Å². The lowest BCUT2D eigenvalue weighted by Crippen LogP contribution is -2.23. The molecule has 0 fully saturated rings. The van der Waals surface area contributed by atoms with Crippen molar-refractivity contribution in [2.24, 2.45) is 5.73 Å². The molecular formula is C22H22N2O4S. The number of carbonyl (C=O) groups is 3. The fourth-order valence-electron chi connectivity index (χ4n) is 3.95. The third-order valence-corrected chi connectivity index (χ3v) is 6.51. The van der Waals surface area contributed by atoms with Gasteiger partial charge in [-0.15, -0.1) is 11.3 Å². The highest BCUT2D eigenvalue weighted by atomic mass is 32.1. The lowest BCUT2D eigenvalue weighted by Gasteiger charge is -2.11. The zero-order valence-electron chi connectivity index (χ0n) is 16.0. The molecule has 2 aliphatic carbocycles. The summed E-state index contributed by atoms with van der Waals surface area (Å²) >= 11 is 1.39. The Morgan fingerprint density at radius 2 is 1.93 bits per heavy atom. The average Bonchev–Trinajstić information content (AvgIpc) is 3.27. The average molecular weight is 410 g/mol. The van der Waals surface area contributed by atoms with Gasteiger partial charge in [0.05, 0.1) is 12.0 Å². The quantitative estimate of drug-likeness (QED) is 0.714. The van der Waals surface area contributed by atoms with Gasteiger partial charge in [0, 0.05) is 4.88 Å². The molecule has 2 aliphatic rings. The number of fused-ring (bicyclic) bond motifs is 2. The topological polar surface area (TPSA) is 98.5 Å². The molecule has 6 nitrogen and oxygen atoms in total. The fourth-order valence-corrected chi connectivity index (χ4v) is 5.26. The third-order valence-electron chi connectivity index (χ3n) is 5.30. The minimum Gasteiger partial charge on any atom is -0.455 e. The van der Waals surface area contributed by atoms with Gasteiger partial charge >= 0.3 is 5.97 Å². The van der Waals surface area contributed by atoms with Gasteiger partial charge in [0.25, 0.3) is 11.8 Å². The van der Waals surface area contributed by atoms with Crippen molar-refractivity contribution in [1.29, 1.82) is 0 Å². The highest BCUT2D eigenvalue weighted by molar-refractivity contribution is 7.17. The number of rotatable bonds is 6. The fraction of sp³-hybridized carbons (Fsp3) is 0.318. The van der Waals surface area contributed by atoms with E-state index in [-0.39, 0.29) is 6.42 Å². The van der Waals surface area contributed by atoms with Crippen LogP contribution in [0.1, 0.15) is 51.2 Å². The zero-order chi connectivity index (χ0) is 20.4. The number of ether oxygens (including phenoxy) is 1. The zero-order valence-corrected chi connectivity index (χ0v) is 16.8. The Bertz CT molecular complexity index is 1020. The first-order chi connectivity index (χ1) is 14.0. The van der Waals surface area contributed by atoms with E-state index in [9.17, 15) is 14.4 Å². The molecule has 4 rings (SSSR count). The van der Waals surface area contributed by atoms with E-state index in [0.717, 1.165) is 53.7 Å². The van der Waals surface area contributed by atoms with E-state index in [1.54, 1.807) is 0 Å². The van der Waals surface area contributed by atoms with Crippen LogP contribution in [0.15, 0.2) is 30.3 Å². The molecule has 150 valence electrons. The van der Waals surface area contributed by atoms with Crippen molar-refractivity contribution < 1.29 is 19.1 Å². The van der Waals surface area contributed by atoms with E-state index in [2.05, 4.69) is 5.32 Å².